The van der Waals surface area contributed by atoms with Gasteiger partial charge in [-0.15, -0.1) is 0 Å². The zero-order valence-electron chi connectivity index (χ0n) is 13.8. The predicted molar refractivity (Wildman–Crippen MR) is 90.5 cm³/mol. The average Bonchev–Trinajstić information content (AvgIpc) is 2.62. The van der Waals surface area contributed by atoms with E-state index in [1.165, 1.54) is 16.7 Å². The van der Waals surface area contributed by atoms with Gasteiger partial charge in [-0.25, -0.2) is 13.6 Å². The standard InChI is InChI=1S/C19H15F2NO4/c1-2-26-19(25)16-17(23)12(9-11-6-7-13(20)14(21)10-11)15-5-3-4-8-22(15)18(16)24/h3-8,10,24H,2,9H2,1H3. The van der Waals surface area contributed by atoms with Gasteiger partial charge in [0.15, 0.2) is 17.2 Å². The van der Waals surface area contributed by atoms with Crippen LogP contribution in [-0.4, -0.2) is 22.1 Å². The fourth-order valence-electron chi connectivity index (χ4n) is 2.77. The number of hydrogen-bond acceptors (Lipinski definition) is 4. The summed E-state index contributed by atoms with van der Waals surface area (Å²) in [5, 5.41) is 10.4. The summed E-state index contributed by atoms with van der Waals surface area (Å²) in [6, 6.07) is 8.18. The molecule has 3 aromatic rings. The number of ether oxygens (including phenoxy) is 1. The van der Waals surface area contributed by atoms with Crippen LogP contribution in [0.5, 0.6) is 5.88 Å². The Morgan fingerprint density at radius 3 is 2.65 bits per heavy atom. The van der Waals surface area contributed by atoms with Crippen LogP contribution in [0.2, 0.25) is 0 Å². The lowest BCUT2D eigenvalue weighted by molar-refractivity contribution is 0.0520. The molecule has 7 heteroatoms. The Morgan fingerprint density at radius 2 is 1.96 bits per heavy atom. The van der Waals surface area contributed by atoms with Crippen molar-refractivity contribution in [3.63, 3.8) is 0 Å². The first-order valence-electron chi connectivity index (χ1n) is 7.90. The minimum absolute atomic E-state index is 0.0354. The third kappa shape index (κ3) is 3.03. The first kappa shape index (κ1) is 17.6. The number of aromatic nitrogens is 1. The highest BCUT2D eigenvalue weighted by molar-refractivity contribution is 5.93. The first-order chi connectivity index (χ1) is 12.4. The van der Waals surface area contributed by atoms with E-state index in [-0.39, 0.29) is 18.6 Å². The van der Waals surface area contributed by atoms with Crippen molar-refractivity contribution in [3.8, 4) is 5.88 Å². The maximum Gasteiger partial charge on any atom is 0.347 e. The minimum atomic E-state index is -1.03. The van der Waals surface area contributed by atoms with Gasteiger partial charge in [0.2, 0.25) is 11.3 Å². The number of esters is 1. The van der Waals surface area contributed by atoms with E-state index >= 15 is 0 Å². The van der Waals surface area contributed by atoms with Crippen LogP contribution >= 0.6 is 0 Å². The second kappa shape index (κ2) is 6.95. The quantitative estimate of drug-likeness (QED) is 0.727. The minimum Gasteiger partial charge on any atom is -0.493 e. The molecule has 134 valence electrons. The van der Waals surface area contributed by atoms with E-state index in [2.05, 4.69) is 0 Å². The molecule has 0 aliphatic carbocycles. The smallest absolute Gasteiger partial charge is 0.347 e. The highest BCUT2D eigenvalue weighted by Crippen LogP contribution is 2.22. The molecule has 2 aromatic heterocycles. The van der Waals surface area contributed by atoms with Gasteiger partial charge < -0.3 is 9.84 Å². The average molecular weight is 359 g/mol. The van der Waals surface area contributed by atoms with Gasteiger partial charge in [0.1, 0.15) is 0 Å². The van der Waals surface area contributed by atoms with Crippen molar-refractivity contribution < 1.29 is 23.4 Å². The Kier molecular flexibility index (Phi) is 4.71. The second-order valence-corrected chi connectivity index (χ2v) is 5.61. The van der Waals surface area contributed by atoms with Crippen LogP contribution in [0.3, 0.4) is 0 Å². The zero-order valence-corrected chi connectivity index (χ0v) is 13.8. The van der Waals surface area contributed by atoms with Gasteiger partial charge in [-0.3, -0.25) is 9.20 Å². The van der Waals surface area contributed by atoms with Gasteiger partial charge in [-0.2, -0.15) is 0 Å². The normalized spacial score (nSPS) is 10.9. The third-order valence-electron chi connectivity index (χ3n) is 3.97. The van der Waals surface area contributed by atoms with Crippen LogP contribution in [-0.2, 0) is 11.2 Å². The largest absolute Gasteiger partial charge is 0.493 e. The summed E-state index contributed by atoms with van der Waals surface area (Å²) < 4.78 is 32.8. The number of halogens is 2. The molecule has 0 radical (unpaired) electrons. The van der Waals surface area contributed by atoms with Crippen molar-refractivity contribution in [2.75, 3.05) is 6.61 Å². The molecule has 1 N–H and O–H groups in total. The molecule has 3 rings (SSSR count). The Bertz CT molecular complexity index is 1060. The number of carbonyl (C=O) groups excluding carboxylic acids is 1. The summed E-state index contributed by atoms with van der Waals surface area (Å²) in [5.41, 5.74) is -0.331. The second-order valence-electron chi connectivity index (χ2n) is 5.61. The molecule has 1 aromatic carbocycles. The van der Waals surface area contributed by atoms with E-state index in [0.717, 1.165) is 12.1 Å². The molecule has 0 saturated heterocycles. The molecule has 0 fully saturated rings. The van der Waals surface area contributed by atoms with Gasteiger partial charge >= 0.3 is 5.97 Å². The topological polar surface area (TPSA) is 68.0 Å². The highest BCUT2D eigenvalue weighted by Gasteiger charge is 2.24. The molecule has 0 aliphatic heterocycles. The number of carbonyl (C=O) groups is 1. The first-order valence-corrected chi connectivity index (χ1v) is 7.90. The molecule has 0 saturated carbocycles. The lowest BCUT2D eigenvalue weighted by atomic mass is 10.0. The maximum atomic E-state index is 13.5. The van der Waals surface area contributed by atoms with Crippen LogP contribution < -0.4 is 5.43 Å². The Labute approximate surface area is 147 Å². The summed E-state index contributed by atoms with van der Waals surface area (Å²) in [5.74, 6) is -3.50. The summed E-state index contributed by atoms with van der Waals surface area (Å²) in [4.78, 5) is 25.0. The van der Waals surface area contributed by atoms with Crippen molar-refractivity contribution in [2.45, 2.75) is 13.3 Å². The molecular weight excluding hydrogens is 344 g/mol. The van der Waals surface area contributed by atoms with Crippen LogP contribution in [0.1, 0.15) is 28.4 Å². The Morgan fingerprint density at radius 1 is 1.19 bits per heavy atom. The molecule has 0 aliphatic rings. The molecule has 2 heterocycles. The number of hydrogen-bond donors (Lipinski definition) is 1. The van der Waals surface area contributed by atoms with Crippen molar-refractivity contribution in [2.24, 2.45) is 0 Å². The van der Waals surface area contributed by atoms with Crippen molar-refractivity contribution in [3.05, 3.63) is 81.1 Å². The lowest BCUT2D eigenvalue weighted by Crippen LogP contribution is -2.23. The van der Waals surface area contributed by atoms with Crippen LogP contribution in [0.4, 0.5) is 8.78 Å². The Hall–Kier alpha value is -3.22. The third-order valence-corrected chi connectivity index (χ3v) is 3.97. The SMILES string of the molecule is CCOC(=O)c1c(O)n2ccccc2c(Cc2ccc(F)c(F)c2)c1=O. The van der Waals surface area contributed by atoms with E-state index in [0.29, 0.717) is 11.1 Å². The highest BCUT2D eigenvalue weighted by atomic mass is 19.2. The summed E-state index contributed by atoms with van der Waals surface area (Å²) >= 11 is 0. The predicted octanol–water partition coefficient (Wildman–Crippen LogP) is 3.05. The van der Waals surface area contributed by atoms with Crippen molar-refractivity contribution in [1.82, 2.24) is 4.40 Å². The molecule has 0 bridgehead atoms. The number of rotatable bonds is 4. The van der Waals surface area contributed by atoms with E-state index in [9.17, 15) is 23.5 Å². The van der Waals surface area contributed by atoms with E-state index < -0.39 is 34.5 Å². The van der Waals surface area contributed by atoms with Gasteiger partial charge in [0.05, 0.1) is 12.1 Å². The molecule has 0 amide bonds. The number of nitrogens with zero attached hydrogens (tertiary/aromatic N) is 1. The van der Waals surface area contributed by atoms with Gasteiger partial charge in [0, 0.05) is 18.2 Å². The summed E-state index contributed by atoms with van der Waals surface area (Å²) in [7, 11) is 0. The molecule has 5 nitrogen and oxygen atoms in total. The molecule has 0 spiro atoms. The van der Waals surface area contributed by atoms with E-state index in [1.54, 1.807) is 25.1 Å². The number of fused-ring (bicyclic) bond motifs is 1. The Balaban J connectivity index is 2.24. The monoisotopic (exact) mass is 359 g/mol. The zero-order chi connectivity index (χ0) is 18.8. The summed E-state index contributed by atoms with van der Waals surface area (Å²) in [6.07, 6.45) is 1.44. The maximum absolute atomic E-state index is 13.5. The van der Waals surface area contributed by atoms with Crippen molar-refractivity contribution in [1.29, 1.82) is 0 Å². The van der Waals surface area contributed by atoms with E-state index in [4.69, 9.17) is 4.74 Å². The molecular formula is C19H15F2NO4. The number of pyridine rings is 2. The fourth-order valence-corrected chi connectivity index (χ4v) is 2.77. The van der Waals surface area contributed by atoms with Crippen LogP contribution in [0, 0.1) is 11.6 Å². The van der Waals surface area contributed by atoms with Gasteiger partial charge in [-0.1, -0.05) is 12.1 Å². The van der Waals surface area contributed by atoms with Crippen LogP contribution in [0.15, 0.2) is 47.4 Å². The van der Waals surface area contributed by atoms with E-state index in [1.807, 2.05) is 0 Å². The fraction of sp³-hybridized carbons (Fsp3) is 0.158. The van der Waals surface area contributed by atoms with Crippen LogP contribution in [0.25, 0.3) is 5.52 Å². The van der Waals surface area contributed by atoms with Crippen molar-refractivity contribution >= 4 is 11.5 Å². The van der Waals surface area contributed by atoms with Gasteiger partial charge in [0.25, 0.3) is 0 Å². The summed E-state index contributed by atoms with van der Waals surface area (Å²) in [6.45, 7) is 1.61. The molecule has 26 heavy (non-hydrogen) atoms. The van der Waals surface area contributed by atoms with Gasteiger partial charge in [-0.05, 0) is 36.8 Å². The number of benzene rings is 1. The number of aromatic hydroxyl groups is 1. The molecule has 0 atom stereocenters. The lowest BCUT2D eigenvalue weighted by Gasteiger charge is -2.13. The molecule has 0 unspecified atom stereocenters.